The van der Waals surface area contributed by atoms with E-state index in [1.165, 1.54) is 0 Å². The smallest absolute Gasteiger partial charge is 0.489 e. The first-order chi connectivity index (χ1) is 16.5. The van der Waals surface area contributed by atoms with Crippen LogP contribution in [0.5, 0.6) is 5.75 Å². The number of fused-ring (bicyclic) bond motifs is 1. The fourth-order valence-corrected chi connectivity index (χ4v) is 6.16. The van der Waals surface area contributed by atoms with Crippen molar-refractivity contribution < 1.29 is 37.0 Å². The molecule has 2 heterocycles. The molecule has 8 nitrogen and oxygen atoms in total. The van der Waals surface area contributed by atoms with Crippen LogP contribution in [0.1, 0.15) is 74.3 Å². The van der Waals surface area contributed by atoms with E-state index in [0.29, 0.717) is 53.8 Å². The van der Waals surface area contributed by atoms with Gasteiger partial charge in [-0.25, -0.2) is 0 Å². The molecule has 0 spiro atoms. The van der Waals surface area contributed by atoms with Crippen LogP contribution < -0.4 is 10.1 Å². The van der Waals surface area contributed by atoms with Gasteiger partial charge in [0, 0.05) is 28.5 Å². The number of ether oxygens (including phenoxy) is 2. The Bertz CT molecular complexity index is 1150. The molecule has 2 N–H and O–H groups in total. The summed E-state index contributed by atoms with van der Waals surface area (Å²) in [6.07, 6.45) is -3.84. The highest BCUT2D eigenvalue weighted by Crippen LogP contribution is 2.67. The number of nitrogens with zero attached hydrogens (tertiary/aromatic N) is 2. The average molecular weight is 514 g/mol. The summed E-state index contributed by atoms with van der Waals surface area (Å²) >= 11 is 5.98. The quantitative estimate of drug-likeness (QED) is 0.599. The highest BCUT2D eigenvalue weighted by atomic mass is 35.5. The first-order valence-electron chi connectivity index (χ1n) is 11.6. The molecule has 0 unspecified atom stereocenters. The van der Waals surface area contributed by atoms with E-state index in [-0.39, 0.29) is 42.0 Å². The van der Waals surface area contributed by atoms with Crippen molar-refractivity contribution in [3.8, 4) is 5.75 Å². The molecule has 4 fully saturated rings. The molecule has 12 heteroatoms. The zero-order chi connectivity index (χ0) is 24.6. The Kier molecular flexibility index (Phi) is 5.15. The number of carbonyl (C=O) groups is 1. The second-order valence-corrected chi connectivity index (χ2v) is 10.8. The zero-order valence-corrected chi connectivity index (χ0v) is 19.2. The van der Waals surface area contributed by atoms with Crippen molar-refractivity contribution in [2.45, 2.75) is 86.5 Å². The van der Waals surface area contributed by atoms with Crippen LogP contribution in [0.25, 0.3) is 0 Å². The van der Waals surface area contributed by atoms with Gasteiger partial charge in [-0.2, -0.15) is 0 Å². The second kappa shape index (κ2) is 7.81. The number of rotatable bonds is 6. The van der Waals surface area contributed by atoms with Gasteiger partial charge in [0.15, 0.2) is 0 Å². The topological polar surface area (TPSA) is 107 Å². The van der Waals surface area contributed by atoms with Crippen LogP contribution in [-0.4, -0.2) is 45.3 Å². The van der Waals surface area contributed by atoms with Crippen LogP contribution in [-0.2, 0) is 14.9 Å². The summed E-state index contributed by atoms with van der Waals surface area (Å²) in [5.74, 6) is 0.989. The number of hydrogen-bond acceptors (Lipinski definition) is 7. The number of halogens is 4. The van der Waals surface area contributed by atoms with E-state index in [1.54, 1.807) is 18.2 Å². The molecule has 188 valence electrons. The number of aliphatic hydroxyl groups is 1. The SMILES string of the molecule is O=C(C[C@@H]1C[C@@H](O)c2cc(Cl)ccc2O1)NC12CC(c3nnc(C4CC(OC(F)(F)F)C4)o3)(C1)C2. The molecule has 1 amide bonds. The molecule has 0 radical (unpaired) electrons. The normalized spacial score (nSPS) is 35.1. The molecule has 4 aliphatic carbocycles. The van der Waals surface area contributed by atoms with Gasteiger partial charge in [-0.3, -0.25) is 9.53 Å². The van der Waals surface area contributed by atoms with Gasteiger partial charge >= 0.3 is 6.36 Å². The lowest BCUT2D eigenvalue weighted by molar-refractivity contribution is -0.352. The number of aromatic nitrogens is 2. The Morgan fingerprint density at radius 1 is 1.23 bits per heavy atom. The summed E-state index contributed by atoms with van der Waals surface area (Å²) in [6.45, 7) is 0. The number of benzene rings is 1. The Hall–Kier alpha value is -2.37. The molecule has 1 aromatic heterocycles. The molecule has 7 rings (SSSR count). The summed E-state index contributed by atoms with van der Waals surface area (Å²) in [5.41, 5.74) is 0.0339. The largest absolute Gasteiger partial charge is 0.522 e. The third-order valence-electron chi connectivity index (χ3n) is 7.60. The van der Waals surface area contributed by atoms with Gasteiger partial charge in [0.25, 0.3) is 0 Å². The van der Waals surface area contributed by atoms with Crippen LogP contribution in [0, 0.1) is 0 Å². The maximum absolute atomic E-state index is 12.7. The van der Waals surface area contributed by atoms with Crippen LogP contribution in [0.3, 0.4) is 0 Å². The summed E-state index contributed by atoms with van der Waals surface area (Å²) in [6, 6.07) is 5.04. The lowest BCUT2D eigenvalue weighted by atomic mass is 9.39. The zero-order valence-electron chi connectivity index (χ0n) is 18.5. The Labute approximate surface area is 203 Å². The lowest BCUT2D eigenvalue weighted by Crippen LogP contribution is -2.77. The number of amides is 1. The second-order valence-electron chi connectivity index (χ2n) is 10.3. The van der Waals surface area contributed by atoms with Gasteiger partial charge in [-0.1, -0.05) is 11.6 Å². The molecule has 2 atom stereocenters. The summed E-state index contributed by atoms with van der Waals surface area (Å²) < 4.78 is 52.6. The van der Waals surface area contributed by atoms with E-state index in [2.05, 4.69) is 20.3 Å². The number of aliphatic hydroxyl groups excluding tert-OH is 1. The summed E-state index contributed by atoms with van der Waals surface area (Å²) in [7, 11) is 0. The van der Waals surface area contributed by atoms with Crippen molar-refractivity contribution in [3.05, 3.63) is 40.6 Å². The average Bonchev–Trinajstić information content (AvgIpc) is 3.15. The molecule has 5 aliphatic rings. The van der Waals surface area contributed by atoms with Crippen molar-refractivity contribution in [2.75, 3.05) is 0 Å². The minimum Gasteiger partial charge on any atom is -0.489 e. The molecule has 1 aromatic carbocycles. The van der Waals surface area contributed by atoms with Gasteiger partial charge < -0.3 is 19.6 Å². The third kappa shape index (κ3) is 4.17. The minimum absolute atomic E-state index is 0.126. The van der Waals surface area contributed by atoms with Crippen molar-refractivity contribution in [2.24, 2.45) is 0 Å². The fourth-order valence-electron chi connectivity index (χ4n) is 5.98. The van der Waals surface area contributed by atoms with Gasteiger partial charge in [-0.05, 0) is 50.3 Å². The molecule has 2 aromatic rings. The molecule has 1 aliphatic heterocycles. The summed E-state index contributed by atoms with van der Waals surface area (Å²) in [5, 5.41) is 22.2. The van der Waals surface area contributed by atoms with Gasteiger partial charge in [0.1, 0.15) is 11.9 Å². The lowest BCUT2D eigenvalue weighted by Gasteiger charge is -2.68. The first-order valence-corrected chi connectivity index (χ1v) is 11.9. The number of nitrogens with one attached hydrogen (secondary N) is 1. The highest BCUT2D eigenvalue weighted by molar-refractivity contribution is 6.30. The number of carbonyl (C=O) groups excluding carboxylic acids is 1. The molecule has 2 bridgehead atoms. The van der Waals surface area contributed by atoms with E-state index in [1.807, 2.05) is 0 Å². The van der Waals surface area contributed by atoms with Crippen LogP contribution in [0.2, 0.25) is 5.02 Å². The van der Waals surface area contributed by atoms with Crippen LogP contribution in [0.4, 0.5) is 13.2 Å². The van der Waals surface area contributed by atoms with Crippen molar-refractivity contribution in [1.82, 2.24) is 15.5 Å². The Balaban J connectivity index is 0.991. The fraction of sp³-hybridized carbons (Fsp3) is 0.609. The van der Waals surface area contributed by atoms with E-state index in [4.69, 9.17) is 20.8 Å². The molecular weight excluding hydrogens is 491 g/mol. The molecule has 0 saturated heterocycles. The predicted octanol–water partition coefficient (Wildman–Crippen LogP) is 4.07. The number of hydrogen-bond donors (Lipinski definition) is 2. The van der Waals surface area contributed by atoms with Gasteiger partial charge in [-0.15, -0.1) is 23.4 Å². The summed E-state index contributed by atoms with van der Waals surface area (Å²) in [4.78, 5) is 12.7. The van der Waals surface area contributed by atoms with Crippen molar-refractivity contribution in [1.29, 1.82) is 0 Å². The van der Waals surface area contributed by atoms with Gasteiger partial charge in [0.05, 0.1) is 24.0 Å². The molecule has 4 saturated carbocycles. The minimum atomic E-state index is -4.64. The Morgan fingerprint density at radius 3 is 2.69 bits per heavy atom. The third-order valence-corrected chi connectivity index (χ3v) is 7.83. The molecular formula is C23H23ClF3N3O5. The van der Waals surface area contributed by atoms with Crippen LogP contribution >= 0.6 is 11.6 Å². The maximum Gasteiger partial charge on any atom is 0.522 e. The van der Waals surface area contributed by atoms with Gasteiger partial charge in [0.2, 0.25) is 17.7 Å². The monoisotopic (exact) mass is 513 g/mol. The van der Waals surface area contributed by atoms with E-state index in [9.17, 15) is 23.1 Å². The van der Waals surface area contributed by atoms with Crippen molar-refractivity contribution >= 4 is 17.5 Å². The van der Waals surface area contributed by atoms with E-state index in [0.717, 1.165) is 0 Å². The van der Waals surface area contributed by atoms with Crippen LogP contribution in [0.15, 0.2) is 22.6 Å². The molecule has 35 heavy (non-hydrogen) atoms. The van der Waals surface area contributed by atoms with Crippen molar-refractivity contribution in [3.63, 3.8) is 0 Å². The van der Waals surface area contributed by atoms with E-state index >= 15 is 0 Å². The predicted molar refractivity (Wildman–Crippen MR) is 114 cm³/mol. The standard InChI is InChI=1S/C23H23ClF3N3O5/c24-12-1-2-17-15(5-12)16(31)6-13(33-17)7-18(32)28-22-8-21(9-22,10-22)20-30-29-19(34-20)11-3-14(4-11)35-23(25,26)27/h1-2,5,11,13-14,16,31H,3-4,6-10H2,(H,28,32)/t11?,13-,14?,16+,21?,22?/m0/s1. The van der Waals surface area contributed by atoms with E-state index < -0.39 is 24.7 Å². The Morgan fingerprint density at radius 2 is 1.97 bits per heavy atom. The number of alkyl halides is 3. The maximum atomic E-state index is 12.7. The first kappa shape index (κ1) is 23.1. The highest BCUT2D eigenvalue weighted by Gasteiger charge is 2.72.